The molecule has 0 aliphatic carbocycles. The molecule has 4 rings (SSSR count). The number of para-hydroxylation sites is 1. The Labute approximate surface area is 165 Å². The molecule has 3 aromatic rings. The van der Waals surface area contributed by atoms with E-state index >= 15 is 0 Å². The van der Waals surface area contributed by atoms with Crippen molar-refractivity contribution in [1.29, 1.82) is 0 Å². The Morgan fingerprint density at radius 1 is 0.893 bits per heavy atom. The third kappa shape index (κ3) is 3.65. The van der Waals surface area contributed by atoms with Crippen molar-refractivity contribution >= 4 is 22.7 Å². The molecule has 0 atom stereocenters. The van der Waals surface area contributed by atoms with Crippen LogP contribution in [0.1, 0.15) is 28.0 Å². The number of aromatic amines is 1. The molecule has 1 aromatic heterocycles. The molecule has 5 nitrogen and oxygen atoms in total. The fraction of sp³-hybridized carbons (Fsp3) is 0.304. The molecular weight excluding hydrogens is 350 g/mol. The third-order valence-electron chi connectivity index (χ3n) is 5.57. The van der Waals surface area contributed by atoms with Gasteiger partial charge >= 0.3 is 0 Å². The zero-order chi connectivity index (χ0) is 19.5. The number of hydrogen-bond donors (Lipinski definition) is 1. The highest BCUT2D eigenvalue weighted by Gasteiger charge is 2.26. The van der Waals surface area contributed by atoms with Crippen LogP contribution in [0.25, 0.3) is 10.9 Å². The van der Waals surface area contributed by atoms with Crippen molar-refractivity contribution < 1.29 is 9.59 Å². The molecule has 0 saturated carbocycles. The Morgan fingerprint density at radius 2 is 1.54 bits per heavy atom. The summed E-state index contributed by atoms with van der Waals surface area (Å²) in [6.45, 7) is 4.32. The number of nitrogens with zero attached hydrogens (tertiary/aromatic N) is 2. The maximum atomic E-state index is 13.0. The van der Waals surface area contributed by atoms with Crippen molar-refractivity contribution in [2.75, 3.05) is 26.2 Å². The number of aromatic nitrogens is 1. The van der Waals surface area contributed by atoms with E-state index in [1.165, 1.54) is 5.56 Å². The van der Waals surface area contributed by atoms with Crippen LogP contribution >= 0.6 is 0 Å². The minimum absolute atomic E-state index is 0.0186. The van der Waals surface area contributed by atoms with E-state index in [2.05, 4.69) is 4.98 Å². The van der Waals surface area contributed by atoms with Crippen LogP contribution in [0.5, 0.6) is 0 Å². The lowest BCUT2D eigenvalue weighted by Gasteiger charge is -2.34. The van der Waals surface area contributed by atoms with E-state index in [9.17, 15) is 9.59 Å². The molecule has 2 heterocycles. The molecule has 1 aliphatic heterocycles. The summed E-state index contributed by atoms with van der Waals surface area (Å²) in [5.74, 6) is 0.183. The van der Waals surface area contributed by atoms with Crippen LogP contribution in [-0.2, 0) is 11.2 Å². The second kappa shape index (κ2) is 7.89. The van der Waals surface area contributed by atoms with Crippen LogP contribution in [0, 0.1) is 6.92 Å². The normalized spacial score (nSPS) is 14.5. The summed E-state index contributed by atoms with van der Waals surface area (Å²) in [5.41, 5.74) is 3.81. The summed E-state index contributed by atoms with van der Waals surface area (Å²) in [6, 6.07) is 18.0. The van der Waals surface area contributed by atoms with Crippen molar-refractivity contribution in [3.05, 3.63) is 71.4 Å². The second-order valence-electron chi connectivity index (χ2n) is 7.33. The van der Waals surface area contributed by atoms with Crippen molar-refractivity contribution in [3.8, 4) is 0 Å². The number of hydrogen-bond acceptors (Lipinski definition) is 2. The van der Waals surface area contributed by atoms with Crippen molar-refractivity contribution in [3.63, 3.8) is 0 Å². The van der Waals surface area contributed by atoms with Crippen molar-refractivity contribution in [2.45, 2.75) is 19.8 Å². The summed E-state index contributed by atoms with van der Waals surface area (Å²) in [5, 5.41) is 1.08. The predicted molar refractivity (Wildman–Crippen MR) is 110 cm³/mol. The molecule has 1 aliphatic rings. The largest absolute Gasteiger partial charge is 0.350 e. The predicted octanol–water partition coefficient (Wildman–Crippen LogP) is 3.39. The first-order valence-corrected chi connectivity index (χ1v) is 9.82. The van der Waals surface area contributed by atoms with Gasteiger partial charge in [-0.1, -0.05) is 48.5 Å². The highest BCUT2D eigenvalue weighted by molar-refractivity contribution is 6.01. The number of carbonyl (C=O) groups excluding carboxylic acids is 2. The maximum Gasteiger partial charge on any atom is 0.270 e. The van der Waals surface area contributed by atoms with Gasteiger partial charge in [-0.05, 0) is 30.5 Å². The first-order valence-electron chi connectivity index (χ1n) is 9.82. The van der Waals surface area contributed by atoms with Gasteiger partial charge in [0.1, 0.15) is 5.69 Å². The Hall–Kier alpha value is -3.08. The standard InChI is InChI=1S/C23H25N3O2/c1-17-19-9-5-6-10-20(19)24-22(17)23(28)26-15-13-25(14-16-26)21(27)12-11-18-7-3-2-4-8-18/h2-10,24H,11-16H2,1H3. The van der Waals surface area contributed by atoms with Crippen LogP contribution in [-0.4, -0.2) is 52.8 Å². The second-order valence-corrected chi connectivity index (χ2v) is 7.33. The van der Waals surface area contributed by atoms with Gasteiger partial charge < -0.3 is 14.8 Å². The van der Waals surface area contributed by atoms with Crippen molar-refractivity contribution in [1.82, 2.24) is 14.8 Å². The summed E-state index contributed by atoms with van der Waals surface area (Å²) in [4.78, 5) is 32.5. The van der Waals surface area contributed by atoms with Gasteiger partial charge in [0.15, 0.2) is 0 Å². The average Bonchev–Trinajstić information content (AvgIpc) is 3.09. The average molecular weight is 375 g/mol. The smallest absolute Gasteiger partial charge is 0.270 e. The Balaban J connectivity index is 1.35. The highest BCUT2D eigenvalue weighted by Crippen LogP contribution is 2.23. The van der Waals surface area contributed by atoms with Crippen LogP contribution in [0.3, 0.4) is 0 Å². The summed E-state index contributed by atoms with van der Waals surface area (Å²) < 4.78 is 0. The van der Waals surface area contributed by atoms with Crippen LogP contribution < -0.4 is 0 Å². The van der Waals surface area contributed by atoms with Crippen molar-refractivity contribution in [2.24, 2.45) is 0 Å². The number of benzene rings is 2. The zero-order valence-electron chi connectivity index (χ0n) is 16.1. The lowest BCUT2D eigenvalue weighted by atomic mass is 10.1. The minimum Gasteiger partial charge on any atom is -0.350 e. The van der Waals surface area contributed by atoms with Gasteiger partial charge in [0.05, 0.1) is 0 Å². The van der Waals surface area contributed by atoms with Gasteiger partial charge in [-0.15, -0.1) is 0 Å². The minimum atomic E-state index is 0.0186. The van der Waals surface area contributed by atoms with E-state index in [1.807, 2.05) is 71.3 Å². The first-order chi connectivity index (χ1) is 13.6. The maximum absolute atomic E-state index is 13.0. The molecule has 144 valence electrons. The Bertz CT molecular complexity index is 986. The molecule has 0 spiro atoms. The quantitative estimate of drug-likeness (QED) is 0.760. The summed E-state index contributed by atoms with van der Waals surface area (Å²) in [7, 11) is 0. The van der Waals surface area contributed by atoms with E-state index in [1.54, 1.807) is 0 Å². The Morgan fingerprint density at radius 3 is 2.25 bits per heavy atom. The summed E-state index contributed by atoms with van der Waals surface area (Å²) in [6.07, 6.45) is 1.27. The van der Waals surface area contributed by atoms with E-state index in [-0.39, 0.29) is 11.8 Å². The number of amides is 2. The van der Waals surface area contributed by atoms with Gasteiger partial charge in [-0.25, -0.2) is 0 Å². The first kappa shape index (κ1) is 18.3. The lowest BCUT2D eigenvalue weighted by Crippen LogP contribution is -2.50. The molecule has 28 heavy (non-hydrogen) atoms. The molecular formula is C23H25N3O2. The molecule has 0 radical (unpaired) electrons. The number of H-pyrrole nitrogens is 1. The van der Waals surface area contributed by atoms with E-state index < -0.39 is 0 Å². The number of carbonyl (C=O) groups is 2. The molecule has 0 unspecified atom stereocenters. The lowest BCUT2D eigenvalue weighted by molar-refractivity contribution is -0.132. The number of nitrogens with one attached hydrogen (secondary N) is 1. The molecule has 2 amide bonds. The third-order valence-corrected chi connectivity index (χ3v) is 5.57. The number of fused-ring (bicyclic) bond motifs is 1. The molecule has 0 bridgehead atoms. The van der Waals surface area contributed by atoms with Gasteiger partial charge in [-0.2, -0.15) is 0 Å². The van der Waals surface area contributed by atoms with Gasteiger partial charge in [0.2, 0.25) is 5.91 Å². The molecule has 1 N–H and O–H groups in total. The van der Waals surface area contributed by atoms with Crippen LogP contribution in [0.4, 0.5) is 0 Å². The monoisotopic (exact) mass is 375 g/mol. The van der Waals surface area contributed by atoms with Crippen LogP contribution in [0.15, 0.2) is 54.6 Å². The van der Waals surface area contributed by atoms with Crippen LogP contribution in [0.2, 0.25) is 0 Å². The SMILES string of the molecule is Cc1c(C(=O)N2CCN(C(=O)CCc3ccccc3)CC2)[nH]c2ccccc12. The molecule has 1 fully saturated rings. The fourth-order valence-corrected chi connectivity index (χ4v) is 3.87. The van der Waals surface area contributed by atoms with E-state index in [0.29, 0.717) is 38.3 Å². The van der Waals surface area contributed by atoms with Gasteiger partial charge in [-0.3, -0.25) is 9.59 Å². The number of aryl methyl sites for hydroxylation is 2. The van der Waals surface area contributed by atoms with Gasteiger partial charge in [0.25, 0.3) is 5.91 Å². The Kier molecular flexibility index (Phi) is 5.15. The highest BCUT2D eigenvalue weighted by atomic mass is 16.2. The van der Waals surface area contributed by atoms with E-state index in [0.717, 1.165) is 22.9 Å². The summed E-state index contributed by atoms with van der Waals surface area (Å²) >= 11 is 0. The van der Waals surface area contributed by atoms with Gasteiger partial charge in [0, 0.05) is 43.5 Å². The van der Waals surface area contributed by atoms with E-state index in [4.69, 9.17) is 0 Å². The molecule has 5 heteroatoms. The topological polar surface area (TPSA) is 56.4 Å². The molecule has 2 aromatic carbocycles. The number of piperazine rings is 1. The number of rotatable bonds is 4. The molecule has 1 saturated heterocycles. The zero-order valence-corrected chi connectivity index (χ0v) is 16.1. The fourth-order valence-electron chi connectivity index (χ4n) is 3.87.